The van der Waals surface area contributed by atoms with Crippen molar-refractivity contribution in [3.8, 4) is 0 Å². The second kappa shape index (κ2) is 8.55. The monoisotopic (exact) mass is 374 g/mol. The van der Waals surface area contributed by atoms with E-state index >= 15 is 0 Å². The normalized spacial score (nSPS) is 18.7. The number of piperidine rings is 1. The van der Waals surface area contributed by atoms with Crippen LogP contribution in [0.3, 0.4) is 0 Å². The van der Waals surface area contributed by atoms with Crippen LogP contribution >= 0.6 is 0 Å². The van der Waals surface area contributed by atoms with Gasteiger partial charge in [-0.2, -0.15) is 0 Å². The molecule has 0 saturated carbocycles. The van der Waals surface area contributed by atoms with E-state index in [0.717, 1.165) is 12.0 Å². The van der Waals surface area contributed by atoms with Crippen molar-refractivity contribution in [2.24, 2.45) is 11.3 Å². The zero-order valence-corrected chi connectivity index (χ0v) is 16.6. The largest absolute Gasteiger partial charge is 0.480 e. The molecule has 1 heterocycles. The van der Waals surface area contributed by atoms with E-state index in [2.05, 4.69) is 0 Å². The minimum atomic E-state index is -1.02. The van der Waals surface area contributed by atoms with Gasteiger partial charge in [-0.05, 0) is 18.4 Å². The van der Waals surface area contributed by atoms with E-state index in [0.29, 0.717) is 19.5 Å². The van der Waals surface area contributed by atoms with E-state index in [1.807, 2.05) is 51.1 Å². The van der Waals surface area contributed by atoms with Crippen molar-refractivity contribution in [1.29, 1.82) is 0 Å². The number of carboxylic acids is 1. The molecule has 1 aromatic rings. The number of amides is 2. The maximum Gasteiger partial charge on any atom is 0.326 e. The SMILES string of the molecule is CN(C(=O)C1CCCN(C(=O)C(C)(C)C)C1)C(Cc1ccccc1)C(=O)O. The van der Waals surface area contributed by atoms with Gasteiger partial charge >= 0.3 is 5.97 Å². The summed E-state index contributed by atoms with van der Waals surface area (Å²) in [7, 11) is 1.55. The van der Waals surface area contributed by atoms with Gasteiger partial charge in [0.05, 0.1) is 5.92 Å². The fourth-order valence-electron chi connectivity index (χ4n) is 3.51. The molecule has 1 aliphatic rings. The van der Waals surface area contributed by atoms with Crippen LogP contribution in [0.4, 0.5) is 0 Å². The first-order chi connectivity index (χ1) is 12.6. The summed E-state index contributed by atoms with van der Waals surface area (Å²) in [5, 5.41) is 9.64. The number of likely N-dealkylation sites (N-methyl/N-ethyl adjacent to an activating group) is 1. The Balaban J connectivity index is 2.09. The first-order valence-electron chi connectivity index (χ1n) is 9.44. The van der Waals surface area contributed by atoms with Crippen molar-refractivity contribution in [3.63, 3.8) is 0 Å². The van der Waals surface area contributed by atoms with Crippen LogP contribution in [0.25, 0.3) is 0 Å². The first kappa shape index (κ1) is 20.9. The highest BCUT2D eigenvalue weighted by Gasteiger charge is 2.36. The molecule has 0 aliphatic carbocycles. The van der Waals surface area contributed by atoms with Crippen molar-refractivity contribution in [3.05, 3.63) is 35.9 Å². The molecule has 0 radical (unpaired) electrons. The summed E-state index contributed by atoms with van der Waals surface area (Å²) in [6.07, 6.45) is 1.69. The van der Waals surface area contributed by atoms with Gasteiger partial charge in [0.15, 0.2) is 0 Å². The van der Waals surface area contributed by atoms with Crippen LogP contribution in [0.15, 0.2) is 30.3 Å². The fraction of sp³-hybridized carbons (Fsp3) is 0.571. The molecule has 6 nitrogen and oxygen atoms in total. The Bertz CT molecular complexity index is 681. The summed E-state index contributed by atoms with van der Waals surface area (Å²) in [5.41, 5.74) is 0.381. The molecule has 1 N–H and O–H groups in total. The average Bonchev–Trinajstić information content (AvgIpc) is 2.64. The van der Waals surface area contributed by atoms with E-state index in [1.54, 1.807) is 11.9 Å². The molecule has 0 bridgehead atoms. The Morgan fingerprint density at radius 3 is 2.41 bits per heavy atom. The molecule has 2 rings (SSSR count). The lowest BCUT2D eigenvalue weighted by molar-refractivity contribution is -0.153. The third-order valence-corrected chi connectivity index (χ3v) is 5.07. The smallest absolute Gasteiger partial charge is 0.326 e. The lowest BCUT2D eigenvalue weighted by Gasteiger charge is -2.38. The van der Waals surface area contributed by atoms with Gasteiger partial charge in [-0.15, -0.1) is 0 Å². The molecule has 2 amide bonds. The summed E-state index contributed by atoms with van der Waals surface area (Å²) in [6, 6.07) is 8.38. The summed E-state index contributed by atoms with van der Waals surface area (Å²) in [5.74, 6) is -1.55. The lowest BCUT2D eigenvalue weighted by Crippen LogP contribution is -2.52. The van der Waals surface area contributed by atoms with Crippen molar-refractivity contribution in [1.82, 2.24) is 9.80 Å². The highest BCUT2D eigenvalue weighted by atomic mass is 16.4. The second-order valence-corrected chi connectivity index (χ2v) is 8.33. The molecule has 2 atom stereocenters. The summed E-state index contributed by atoms with van der Waals surface area (Å²) in [6.45, 7) is 6.61. The van der Waals surface area contributed by atoms with Gasteiger partial charge in [0, 0.05) is 32.0 Å². The molecule has 1 aliphatic heterocycles. The molecule has 0 spiro atoms. The van der Waals surface area contributed by atoms with Gasteiger partial charge in [-0.1, -0.05) is 51.1 Å². The number of benzene rings is 1. The van der Waals surface area contributed by atoms with Crippen molar-refractivity contribution < 1.29 is 19.5 Å². The molecule has 27 heavy (non-hydrogen) atoms. The summed E-state index contributed by atoms with van der Waals surface area (Å²) >= 11 is 0. The maximum absolute atomic E-state index is 13.0. The molecule has 6 heteroatoms. The first-order valence-corrected chi connectivity index (χ1v) is 9.44. The maximum atomic E-state index is 13.0. The number of hydrogen-bond donors (Lipinski definition) is 1. The van der Waals surface area contributed by atoms with E-state index in [-0.39, 0.29) is 24.2 Å². The minimum Gasteiger partial charge on any atom is -0.480 e. The predicted molar refractivity (Wildman–Crippen MR) is 103 cm³/mol. The van der Waals surface area contributed by atoms with E-state index in [4.69, 9.17) is 0 Å². The highest BCUT2D eigenvalue weighted by Crippen LogP contribution is 2.25. The number of carbonyl (C=O) groups excluding carboxylic acids is 2. The van der Waals surface area contributed by atoms with Crippen LogP contribution < -0.4 is 0 Å². The predicted octanol–water partition coefficient (Wildman–Crippen LogP) is 2.43. The van der Waals surface area contributed by atoms with Crippen LogP contribution in [-0.2, 0) is 20.8 Å². The van der Waals surface area contributed by atoms with Gasteiger partial charge in [0.1, 0.15) is 6.04 Å². The van der Waals surface area contributed by atoms with Gasteiger partial charge < -0.3 is 14.9 Å². The van der Waals surface area contributed by atoms with E-state index < -0.39 is 17.4 Å². The van der Waals surface area contributed by atoms with Crippen molar-refractivity contribution in [2.45, 2.75) is 46.1 Å². The average molecular weight is 374 g/mol. The molecular formula is C21H30N2O4. The zero-order valence-electron chi connectivity index (χ0n) is 16.6. The van der Waals surface area contributed by atoms with Crippen LogP contribution in [-0.4, -0.2) is 58.9 Å². The molecular weight excluding hydrogens is 344 g/mol. The number of rotatable bonds is 5. The number of carboxylic acid groups (broad SMARTS) is 1. The van der Waals surface area contributed by atoms with Crippen molar-refractivity contribution >= 4 is 17.8 Å². The quantitative estimate of drug-likeness (QED) is 0.859. The Labute approximate surface area is 161 Å². The lowest BCUT2D eigenvalue weighted by atomic mass is 9.90. The van der Waals surface area contributed by atoms with Gasteiger partial charge in [0.2, 0.25) is 11.8 Å². The topological polar surface area (TPSA) is 77.9 Å². The van der Waals surface area contributed by atoms with Gasteiger partial charge in [-0.3, -0.25) is 9.59 Å². The van der Waals surface area contributed by atoms with E-state index in [1.165, 1.54) is 4.90 Å². The number of hydrogen-bond acceptors (Lipinski definition) is 3. The molecule has 1 saturated heterocycles. The Kier molecular flexibility index (Phi) is 6.63. The Hall–Kier alpha value is -2.37. The second-order valence-electron chi connectivity index (χ2n) is 8.33. The summed E-state index contributed by atoms with van der Waals surface area (Å²) < 4.78 is 0. The number of likely N-dealkylation sites (tertiary alicyclic amines) is 1. The molecule has 0 aromatic heterocycles. The number of carbonyl (C=O) groups is 3. The van der Waals surface area contributed by atoms with Crippen LogP contribution in [0.1, 0.15) is 39.2 Å². The Morgan fingerprint density at radius 2 is 1.85 bits per heavy atom. The Morgan fingerprint density at radius 1 is 1.22 bits per heavy atom. The van der Waals surface area contributed by atoms with Crippen LogP contribution in [0, 0.1) is 11.3 Å². The van der Waals surface area contributed by atoms with E-state index in [9.17, 15) is 19.5 Å². The third-order valence-electron chi connectivity index (χ3n) is 5.07. The fourth-order valence-corrected chi connectivity index (χ4v) is 3.51. The highest BCUT2D eigenvalue weighted by molar-refractivity contribution is 5.86. The minimum absolute atomic E-state index is 0.0294. The van der Waals surface area contributed by atoms with Crippen LogP contribution in [0.5, 0.6) is 0 Å². The van der Waals surface area contributed by atoms with Gasteiger partial charge in [-0.25, -0.2) is 4.79 Å². The molecule has 1 fully saturated rings. The zero-order chi connectivity index (χ0) is 20.2. The van der Waals surface area contributed by atoms with Gasteiger partial charge in [0.25, 0.3) is 0 Å². The van der Waals surface area contributed by atoms with Crippen LogP contribution in [0.2, 0.25) is 0 Å². The third kappa shape index (κ3) is 5.31. The number of nitrogens with zero attached hydrogens (tertiary/aromatic N) is 2. The standard InChI is InChI=1S/C21H30N2O4/c1-21(2,3)20(27)23-12-8-11-16(14-23)18(24)22(4)17(19(25)26)13-15-9-6-5-7-10-15/h5-7,9-10,16-17H,8,11-14H2,1-4H3,(H,25,26). The molecule has 148 valence electrons. The summed E-state index contributed by atoms with van der Waals surface area (Å²) in [4.78, 5) is 40.4. The molecule has 1 aromatic carbocycles. The molecule has 2 unspecified atom stereocenters. The number of aliphatic carboxylic acids is 1. The van der Waals surface area contributed by atoms with Crippen molar-refractivity contribution in [2.75, 3.05) is 20.1 Å².